The number of carbonyl (C=O) groups is 1. The highest BCUT2D eigenvalue weighted by Crippen LogP contribution is 2.26. The first-order valence-electron chi connectivity index (χ1n) is 8.47. The zero-order valence-corrected chi connectivity index (χ0v) is 16.1. The third kappa shape index (κ3) is 11.4. The summed E-state index contributed by atoms with van der Waals surface area (Å²) in [6.45, 7) is 9.86. The van der Waals surface area contributed by atoms with E-state index in [4.69, 9.17) is 8.85 Å². The first kappa shape index (κ1) is 21.2. The van der Waals surface area contributed by atoms with Crippen LogP contribution in [-0.4, -0.2) is 33.4 Å². The summed E-state index contributed by atoms with van der Waals surface area (Å²) in [5.41, 5.74) is 0.496. The Morgan fingerprint density at radius 3 is 2.19 bits per heavy atom. The van der Waals surface area contributed by atoms with E-state index in [0.717, 1.165) is 57.5 Å². The molecule has 0 N–H and O–H groups in total. The normalized spacial score (nSPS) is 12.8. The number of carbonyl (C=O) groups excluding carboxylic acids is 1. The van der Waals surface area contributed by atoms with E-state index in [2.05, 4.69) is 13.8 Å². The minimum absolute atomic E-state index is 0.347. The van der Waals surface area contributed by atoms with Crippen molar-refractivity contribution in [3.05, 3.63) is 0 Å². The van der Waals surface area contributed by atoms with E-state index in [1.165, 1.54) is 18.2 Å². The van der Waals surface area contributed by atoms with Crippen LogP contribution in [0.5, 0.6) is 0 Å². The maximum absolute atomic E-state index is 11.8. The lowest BCUT2D eigenvalue weighted by molar-refractivity contribution is -0.111. The van der Waals surface area contributed by atoms with Gasteiger partial charge >= 0.3 is 9.28 Å². The van der Waals surface area contributed by atoms with Crippen LogP contribution in [0.4, 0.5) is 0 Å². The van der Waals surface area contributed by atoms with Crippen molar-refractivity contribution >= 4 is 26.2 Å². The van der Waals surface area contributed by atoms with Crippen molar-refractivity contribution in [2.24, 2.45) is 0 Å². The second-order valence-corrected chi connectivity index (χ2v) is 8.32. The van der Waals surface area contributed by atoms with Crippen LogP contribution in [0.2, 0.25) is 5.54 Å². The first-order chi connectivity index (χ1) is 10.2. The molecule has 0 aliphatic rings. The fourth-order valence-corrected chi connectivity index (χ4v) is 5.35. The monoisotopic (exact) mass is 333 g/mol. The summed E-state index contributed by atoms with van der Waals surface area (Å²) in [5, 5.41) is 0.347. The highest BCUT2D eigenvalue weighted by atomic mass is 32.2. The Kier molecular flexibility index (Phi) is 15.2. The van der Waals surface area contributed by atoms with Gasteiger partial charge in [-0.15, -0.1) is 0 Å². The van der Waals surface area contributed by atoms with Crippen molar-refractivity contribution < 1.29 is 13.6 Å². The Labute approximate surface area is 137 Å². The molecule has 3 nitrogen and oxygen atoms in total. The lowest BCUT2D eigenvalue weighted by Gasteiger charge is -2.22. The molecule has 21 heavy (non-hydrogen) atoms. The number of thioether (sulfide) groups is 1. The maximum Gasteiger partial charge on any atom is 0.388 e. The zero-order valence-electron chi connectivity index (χ0n) is 14.3. The van der Waals surface area contributed by atoms with Gasteiger partial charge in [-0.1, -0.05) is 44.9 Å². The van der Waals surface area contributed by atoms with Gasteiger partial charge in [0.25, 0.3) is 0 Å². The van der Waals surface area contributed by atoms with E-state index in [1.807, 2.05) is 13.8 Å². The maximum atomic E-state index is 11.8. The number of rotatable bonds is 14. The van der Waals surface area contributed by atoms with E-state index >= 15 is 0 Å². The van der Waals surface area contributed by atoms with Gasteiger partial charge in [-0.05, 0) is 33.1 Å². The van der Waals surface area contributed by atoms with Crippen molar-refractivity contribution in [2.45, 2.75) is 78.2 Å². The molecule has 5 heteroatoms. The molecule has 1 radical (unpaired) electrons. The van der Waals surface area contributed by atoms with E-state index in [1.54, 1.807) is 0 Å². The van der Waals surface area contributed by atoms with Gasteiger partial charge in [-0.25, -0.2) is 0 Å². The molecule has 0 aliphatic carbocycles. The second-order valence-electron chi connectivity index (χ2n) is 5.14. The minimum Gasteiger partial charge on any atom is -0.393 e. The molecular formula is C16H33O3SSi. The quantitative estimate of drug-likeness (QED) is 0.333. The summed E-state index contributed by atoms with van der Waals surface area (Å²) in [4.78, 5) is 11.8. The summed E-state index contributed by atoms with van der Waals surface area (Å²) in [5.74, 6) is 0.907. The van der Waals surface area contributed by atoms with Crippen LogP contribution >= 0.6 is 11.8 Å². The second kappa shape index (κ2) is 15.1. The van der Waals surface area contributed by atoms with Gasteiger partial charge in [0, 0.05) is 30.9 Å². The van der Waals surface area contributed by atoms with Gasteiger partial charge in [0.15, 0.2) is 5.12 Å². The van der Waals surface area contributed by atoms with Crippen LogP contribution < -0.4 is 0 Å². The molecule has 0 fully saturated rings. The summed E-state index contributed by atoms with van der Waals surface area (Å²) in [6, 6.07) is 0. The Bertz CT molecular complexity index is 246. The Balaban J connectivity index is 4.08. The first-order valence-corrected chi connectivity index (χ1v) is 10.8. The Morgan fingerprint density at radius 2 is 1.67 bits per heavy atom. The largest absolute Gasteiger partial charge is 0.393 e. The van der Waals surface area contributed by atoms with Crippen molar-refractivity contribution in [2.75, 3.05) is 19.0 Å². The third-order valence-electron chi connectivity index (χ3n) is 3.26. The average molecular weight is 334 g/mol. The van der Waals surface area contributed by atoms with Gasteiger partial charge in [0.1, 0.15) is 0 Å². The van der Waals surface area contributed by atoms with Crippen LogP contribution in [-0.2, 0) is 13.6 Å². The fourth-order valence-electron chi connectivity index (χ4n) is 2.20. The van der Waals surface area contributed by atoms with Crippen molar-refractivity contribution in [3.63, 3.8) is 0 Å². The molecule has 0 saturated carbocycles. The van der Waals surface area contributed by atoms with Crippen LogP contribution in [0.25, 0.3) is 0 Å². The lowest BCUT2D eigenvalue weighted by atomic mass is 10.2. The van der Waals surface area contributed by atoms with Crippen LogP contribution in [0.15, 0.2) is 0 Å². The molecular weight excluding hydrogens is 300 g/mol. The topological polar surface area (TPSA) is 35.5 Å². The average Bonchev–Trinajstić information content (AvgIpc) is 2.46. The van der Waals surface area contributed by atoms with Crippen molar-refractivity contribution in [3.8, 4) is 0 Å². The summed E-state index contributed by atoms with van der Waals surface area (Å²) >= 11 is 1.50. The summed E-state index contributed by atoms with van der Waals surface area (Å²) < 4.78 is 11.6. The van der Waals surface area contributed by atoms with Crippen molar-refractivity contribution in [1.82, 2.24) is 0 Å². The highest BCUT2D eigenvalue weighted by molar-refractivity contribution is 8.13. The SMILES string of the molecule is CCCCCC(=O)SCCC(CCC)[Si](OCC)OCC. The number of hydrogen-bond acceptors (Lipinski definition) is 4. The molecule has 0 aliphatic heterocycles. The smallest absolute Gasteiger partial charge is 0.388 e. The standard InChI is InChI=1S/C16H33O3SSi/c1-5-9-10-12-16(17)20-14-13-15(11-6-2)21(18-7-3)19-8-4/h15H,5-14H2,1-4H3. The van der Waals surface area contributed by atoms with Crippen LogP contribution in [0.1, 0.15) is 72.6 Å². The van der Waals surface area contributed by atoms with Gasteiger partial charge in [0.05, 0.1) is 0 Å². The molecule has 1 atom stereocenters. The van der Waals surface area contributed by atoms with Gasteiger partial charge in [-0.2, -0.15) is 0 Å². The molecule has 0 saturated heterocycles. The lowest BCUT2D eigenvalue weighted by Crippen LogP contribution is -2.29. The third-order valence-corrected chi connectivity index (χ3v) is 6.61. The van der Waals surface area contributed by atoms with Gasteiger partial charge in [0.2, 0.25) is 0 Å². The minimum atomic E-state index is -1.19. The molecule has 0 rings (SSSR count). The van der Waals surface area contributed by atoms with E-state index in [9.17, 15) is 4.79 Å². The highest BCUT2D eigenvalue weighted by Gasteiger charge is 2.27. The van der Waals surface area contributed by atoms with Crippen LogP contribution in [0, 0.1) is 0 Å². The Hall–Kier alpha value is 0.157. The van der Waals surface area contributed by atoms with Crippen molar-refractivity contribution in [1.29, 1.82) is 0 Å². The molecule has 125 valence electrons. The van der Waals surface area contributed by atoms with Crippen LogP contribution in [0.3, 0.4) is 0 Å². The zero-order chi connectivity index (χ0) is 15.9. The molecule has 0 spiro atoms. The number of hydrogen-bond donors (Lipinski definition) is 0. The van der Waals surface area contributed by atoms with E-state index < -0.39 is 9.28 Å². The molecule has 0 heterocycles. The number of unbranched alkanes of at least 4 members (excludes halogenated alkanes) is 2. The summed E-state index contributed by atoms with van der Waals surface area (Å²) in [6.07, 6.45) is 7.41. The fraction of sp³-hybridized carbons (Fsp3) is 0.938. The van der Waals surface area contributed by atoms with E-state index in [-0.39, 0.29) is 0 Å². The molecule has 0 aromatic carbocycles. The van der Waals surface area contributed by atoms with E-state index in [0.29, 0.717) is 10.7 Å². The summed E-state index contributed by atoms with van der Waals surface area (Å²) in [7, 11) is -1.19. The molecule has 0 bridgehead atoms. The van der Waals surface area contributed by atoms with Gasteiger partial charge < -0.3 is 8.85 Å². The molecule has 1 unspecified atom stereocenters. The van der Waals surface area contributed by atoms with Gasteiger partial charge in [-0.3, -0.25) is 4.79 Å². The Morgan fingerprint density at radius 1 is 1.00 bits per heavy atom. The molecule has 0 aromatic heterocycles. The molecule has 0 aromatic rings. The predicted molar refractivity (Wildman–Crippen MR) is 93.9 cm³/mol. The predicted octanol–water partition coefficient (Wildman–Crippen LogP) is 4.95. The molecule has 0 amide bonds.